The third-order valence-corrected chi connectivity index (χ3v) is 4.90. The van der Waals surface area contributed by atoms with E-state index in [9.17, 15) is 15.3 Å². The number of nitrogens with zero attached hydrogens (tertiary/aromatic N) is 2. The van der Waals surface area contributed by atoms with E-state index in [4.69, 9.17) is 4.74 Å². The van der Waals surface area contributed by atoms with Gasteiger partial charge in [0.15, 0.2) is 0 Å². The number of carbonyl (C=O) groups excluding carboxylic acids is 1. The Morgan fingerprint density at radius 1 is 1.00 bits per heavy atom. The first-order valence-electron chi connectivity index (χ1n) is 7.36. The van der Waals surface area contributed by atoms with Gasteiger partial charge in [0.25, 0.3) is 0 Å². The predicted molar refractivity (Wildman–Crippen MR) is 93.2 cm³/mol. The zero-order valence-electron chi connectivity index (χ0n) is 13.1. The Hall–Kier alpha value is -2.63. The molecule has 1 atom stereocenters. The quantitative estimate of drug-likeness (QED) is 0.583. The fourth-order valence-electron chi connectivity index (χ4n) is 2.66. The normalized spacial score (nSPS) is 13.2. The molecule has 0 aliphatic heterocycles. The fraction of sp³-hybridized carbons (Fsp3) is 0.211. The summed E-state index contributed by atoms with van der Waals surface area (Å²) in [5.41, 5.74) is -0.494. The van der Waals surface area contributed by atoms with E-state index in [1.807, 2.05) is 18.2 Å². The van der Waals surface area contributed by atoms with Crippen LogP contribution < -0.4 is 0 Å². The van der Waals surface area contributed by atoms with Gasteiger partial charge in [-0.25, -0.2) is 4.79 Å². The number of ether oxygens (including phenoxy) is 1. The van der Waals surface area contributed by atoms with Crippen LogP contribution in [0.25, 0.3) is 0 Å². The summed E-state index contributed by atoms with van der Waals surface area (Å²) < 4.78 is 3.21. The van der Waals surface area contributed by atoms with Gasteiger partial charge in [0.2, 0.25) is 4.32 Å². The molecule has 0 aliphatic rings. The number of alkyl halides is 1. The second-order valence-electron chi connectivity index (χ2n) is 5.08. The number of nitriles is 2. The van der Waals surface area contributed by atoms with Crippen LogP contribution in [0.2, 0.25) is 0 Å². The average molecular weight is 383 g/mol. The van der Waals surface area contributed by atoms with E-state index in [1.165, 1.54) is 0 Å². The van der Waals surface area contributed by atoms with Gasteiger partial charge in [0, 0.05) is 0 Å². The third kappa shape index (κ3) is 2.68. The van der Waals surface area contributed by atoms with E-state index >= 15 is 0 Å². The predicted octanol–water partition coefficient (Wildman–Crippen LogP) is 3.72. The van der Waals surface area contributed by atoms with Gasteiger partial charge in [-0.3, -0.25) is 0 Å². The first-order chi connectivity index (χ1) is 11.6. The highest BCUT2D eigenvalue weighted by Crippen LogP contribution is 2.47. The number of rotatable bonds is 5. The van der Waals surface area contributed by atoms with Crippen LogP contribution in [0.15, 0.2) is 60.7 Å². The minimum absolute atomic E-state index is 0.110. The molecule has 2 rings (SSSR count). The molecule has 4 nitrogen and oxygen atoms in total. The molecule has 0 saturated heterocycles. The van der Waals surface area contributed by atoms with Gasteiger partial charge >= 0.3 is 5.97 Å². The molecule has 5 heteroatoms. The highest BCUT2D eigenvalue weighted by molar-refractivity contribution is 9.10. The van der Waals surface area contributed by atoms with Crippen LogP contribution in [-0.4, -0.2) is 16.9 Å². The van der Waals surface area contributed by atoms with Gasteiger partial charge in [0.1, 0.15) is 5.41 Å². The second kappa shape index (κ2) is 7.29. The number of carbonyl (C=O) groups is 1. The van der Waals surface area contributed by atoms with Crippen molar-refractivity contribution in [3.8, 4) is 12.1 Å². The fourth-order valence-corrected chi connectivity index (χ4v) is 3.32. The molecule has 0 heterocycles. The molecule has 1 unspecified atom stereocenters. The van der Waals surface area contributed by atoms with Gasteiger partial charge in [-0.05, 0) is 18.1 Å². The summed E-state index contributed by atoms with van der Waals surface area (Å²) in [6, 6.07) is 21.8. The van der Waals surface area contributed by atoms with E-state index in [0.717, 1.165) is 0 Å². The van der Waals surface area contributed by atoms with Crippen molar-refractivity contribution in [2.75, 3.05) is 6.61 Å². The van der Waals surface area contributed by atoms with Crippen LogP contribution in [-0.2, 0) is 14.9 Å². The van der Waals surface area contributed by atoms with E-state index in [0.29, 0.717) is 11.1 Å². The summed E-state index contributed by atoms with van der Waals surface area (Å²) in [4.78, 5) is 12.6. The van der Waals surface area contributed by atoms with Gasteiger partial charge in [-0.2, -0.15) is 10.5 Å². The van der Waals surface area contributed by atoms with Gasteiger partial charge in [-0.15, -0.1) is 0 Å². The molecule has 2 aromatic rings. The summed E-state index contributed by atoms with van der Waals surface area (Å²) in [7, 11) is 0. The van der Waals surface area contributed by atoms with Crippen molar-refractivity contribution in [3.05, 3.63) is 71.8 Å². The highest BCUT2D eigenvalue weighted by atomic mass is 79.9. The molecule has 0 fully saturated rings. The summed E-state index contributed by atoms with van der Waals surface area (Å²) in [6.45, 7) is 1.76. The third-order valence-electron chi connectivity index (χ3n) is 3.81. The summed E-state index contributed by atoms with van der Waals surface area (Å²) >= 11 is 3.25. The van der Waals surface area contributed by atoms with Crippen LogP contribution in [0.1, 0.15) is 18.1 Å². The van der Waals surface area contributed by atoms with Crippen LogP contribution in [0.4, 0.5) is 0 Å². The topological polar surface area (TPSA) is 73.9 Å². The van der Waals surface area contributed by atoms with E-state index in [1.54, 1.807) is 55.5 Å². The maximum atomic E-state index is 12.6. The van der Waals surface area contributed by atoms with Gasteiger partial charge < -0.3 is 4.74 Å². The average Bonchev–Trinajstić information content (AvgIpc) is 2.64. The lowest BCUT2D eigenvalue weighted by atomic mass is 9.67. The minimum atomic E-state index is -1.88. The summed E-state index contributed by atoms with van der Waals surface area (Å²) in [5, 5.41) is 20.0. The van der Waals surface area contributed by atoms with Crippen molar-refractivity contribution in [1.82, 2.24) is 0 Å². The van der Waals surface area contributed by atoms with Crippen molar-refractivity contribution < 1.29 is 9.53 Å². The number of hydrogen-bond donors (Lipinski definition) is 0. The summed E-state index contributed by atoms with van der Waals surface area (Å²) in [6.07, 6.45) is 0. The Morgan fingerprint density at radius 2 is 1.46 bits per heavy atom. The van der Waals surface area contributed by atoms with Crippen molar-refractivity contribution >= 4 is 21.9 Å². The zero-order valence-corrected chi connectivity index (χ0v) is 14.7. The number of hydrogen-bond acceptors (Lipinski definition) is 4. The molecule has 0 N–H and O–H groups in total. The Bertz CT molecular complexity index is 754. The van der Waals surface area contributed by atoms with Crippen molar-refractivity contribution in [1.29, 1.82) is 10.5 Å². The van der Waals surface area contributed by atoms with E-state index in [2.05, 4.69) is 22.0 Å². The van der Waals surface area contributed by atoms with Crippen LogP contribution in [0.5, 0.6) is 0 Å². The monoisotopic (exact) mass is 382 g/mol. The molecule has 0 aliphatic carbocycles. The highest BCUT2D eigenvalue weighted by Gasteiger charge is 2.60. The number of halogens is 1. The van der Waals surface area contributed by atoms with Gasteiger partial charge in [0.05, 0.1) is 18.7 Å². The number of benzene rings is 2. The van der Waals surface area contributed by atoms with Crippen molar-refractivity contribution in [2.45, 2.75) is 16.7 Å². The second-order valence-corrected chi connectivity index (χ2v) is 6.27. The lowest BCUT2D eigenvalue weighted by Gasteiger charge is -2.36. The largest absolute Gasteiger partial charge is 0.464 e. The zero-order chi connectivity index (χ0) is 17.6. The minimum Gasteiger partial charge on any atom is -0.464 e. The van der Waals surface area contributed by atoms with Gasteiger partial charge in [-0.1, -0.05) is 76.6 Å². The lowest BCUT2D eigenvalue weighted by Crippen LogP contribution is -2.52. The molecular formula is C19H15BrN2O2. The molecule has 120 valence electrons. The Balaban J connectivity index is 2.84. The molecular weight excluding hydrogens is 368 g/mol. The maximum Gasteiger partial charge on any atom is 0.339 e. The van der Waals surface area contributed by atoms with Crippen molar-refractivity contribution in [3.63, 3.8) is 0 Å². The maximum absolute atomic E-state index is 12.6. The van der Waals surface area contributed by atoms with E-state index < -0.39 is 15.7 Å². The van der Waals surface area contributed by atoms with Crippen molar-refractivity contribution in [2.24, 2.45) is 0 Å². The molecule has 0 radical (unpaired) electrons. The Morgan fingerprint density at radius 3 is 1.79 bits per heavy atom. The summed E-state index contributed by atoms with van der Waals surface area (Å²) in [5.74, 6) is -0.790. The van der Waals surface area contributed by atoms with E-state index in [-0.39, 0.29) is 6.61 Å². The smallest absolute Gasteiger partial charge is 0.339 e. The Labute approximate surface area is 149 Å². The molecule has 2 aromatic carbocycles. The lowest BCUT2D eigenvalue weighted by molar-refractivity contribution is -0.145. The van der Waals surface area contributed by atoms with Crippen LogP contribution >= 0.6 is 15.9 Å². The standard InChI is InChI=1S/C19H15BrN2O2/c1-2-24-17(23)19(20,14-22)18(13-21,15-9-5-3-6-10-15)16-11-7-4-8-12-16/h3-12H,2H2,1H3. The molecule has 0 bridgehead atoms. The molecule has 24 heavy (non-hydrogen) atoms. The molecule has 0 amide bonds. The van der Waals surface area contributed by atoms with Crippen LogP contribution in [0, 0.1) is 22.7 Å². The molecule has 0 spiro atoms. The first kappa shape index (κ1) is 17.7. The molecule has 0 aromatic heterocycles. The number of esters is 1. The first-order valence-corrected chi connectivity index (χ1v) is 8.15. The SMILES string of the molecule is CCOC(=O)C(Br)(C#N)C(C#N)(c1ccccc1)c1ccccc1. The van der Waals surface area contributed by atoms with Crippen LogP contribution in [0.3, 0.4) is 0 Å². The Kier molecular flexibility index (Phi) is 5.39. The molecule has 0 saturated carbocycles.